The first kappa shape index (κ1) is 17.5. The van der Waals surface area contributed by atoms with E-state index in [0.717, 1.165) is 0 Å². The highest BCUT2D eigenvalue weighted by Crippen LogP contribution is 2.20. The van der Waals surface area contributed by atoms with Crippen LogP contribution in [0.4, 0.5) is 10.2 Å². The molecule has 0 aliphatic heterocycles. The molecule has 0 radical (unpaired) electrons. The standard InChI is InChI=1S/C15H12ClFN6O3/c16-8-3-7(1-2-9(8)17)4-19-15(26)13-11-12(20-6-21-13)14(23-22-11)18-5-10(24)25/h1-3,6H,4-5H2,(H,19,26)(H,24,25)(H2,18,22,23). The molecule has 1 aromatic carbocycles. The zero-order chi connectivity index (χ0) is 18.7. The van der Waals surface area contributed by atoms with Gasteiger partial charge in [-0.15, -0.1) is 0 Å². The minimum Gasteiger partial charge on any atom is -0.480 e. The van der Waals surface area contributed by atoms with Crippen molar-refractivity contribution in [1.29, 1.82) is 0 Å². The van der Waals surface area contributed by atoms with Crippen molar-refractivity contribution >= 4 is 40.3 Å². The molecule has 0 bridgehead atoms. The average molecular weight is 379 g/mol. The number of carboxylic acids is 1. The highest BCUT2D eigenvalue weighted by Gasteiger charge is 2.17. The fraction of sp³-hybridized carbons (Fsp3) is 0.133. The zero-order valence-corrected chi connectivity index (χ0v) is 13.8. The van der Waals surface area contributed by atoms with Crippen LogP contribution in [0.15, 0.2) is 24.5 Å². The van der Waals surface area contributed by atoms with E-state index in [2.05, 4.69) is 30.8 Å². The van der Waals surface area contributed by atoms with E-state index in [4.69, 9.17) is 16.7 Å². The van der Waals surface area contributed by atoms with Crippen LogP contribution in [-0.4, -0.2) is 43.7 Å². The van der Waals surface area contributed by atoms with Gasteiger partial charge in [-0.05, 0) is 17.7 Å². The molecule has 4 N–H and O–H groups in total. The number of nitrogens with zero attached hydrogens (tertiary/aromatic N) is 3. The molecule has 0 saturated heterocycles. The van der Waals surface area contributed by atoms with E-state index in [0.29, 0.717) is 5.56 Å². The minimum absolute atomic E-state index is 0.0381. The maximum Gasteiger partial charge on any atom is 0.322 e. The molecule has 0 aliphatic carbocycles. The number of carbonyl (C=O) groups is 2. The van der Waals surface area contributed by atoms with E-state index in [1.165, 1.54) is 24.5 Å². The van der Waals surface area contributed by atoms with E-state index < -0.39 is 17.7 Å². The lowest BCUT2D eigenvalue weighted by Gasteiger charge is -2.06. The summed E-state index contributed by atoms with van der Waals surface area (Å²) in [5.74, 6) is -1.92. The number of rotatable bonds is 6. The predicted octanol–water partition coefficient (Wildman–Crippen LogP) is 1.57. The third-order valence-electron chi connectivity index (χ3n) is 3.41. The van der Waals surface area contributed by atoms with Crippen LogP contribution in [0.1, 0.15) is 16.1 Å². The average Bonchev–Trinajstić information content (AvgIpc) is 3.04. The van der Waals surface area contributed by atoms with Crippen LogP contribution < -0.4 is 10.6 Å². The number of halogens is 2. The Morgan fingerprint density at radius 1 is 1.31 bits per heavy atom. The van der Waals surface area contributed by atoms with Crippen LogP contribution in [0.5, 0.6) is 0 Å². The van der Waals surface area contributed by atoms with Gasteiger partial charge >= 0.3 is 5.97 Å². The van der Waals surface area contributed by atoms with Crippen LogP contribution in [0.2, 0.25) is 5.02 Å². The van der Waals surface area contributed by atoms with Gasteiger partial charge in [-0.3, -0.25) is 14.7 Å². The van der Waals surface area contributed by atoms with Crippen molar-refractivity contribution in [3.05, 3.63) is 46.6 Å². The van der Waals surface area contributed by atoms with Gasteiger partial charge in [-0.2, -0.15) is 5.10 Å². The summed E-state index contributed by atoms with van der Waals surface area (Å²) in [6.45, 7) is -0.237. The number of amides is 1. The predicted molar refractivity (Wildman–Crippen MR) is 90.4 cm³/mol. The van der Waals surface area contributed by atoms with E-state index in [-0.39, 0.29) is 40.7 Å². The third-order valence-corrected chi connectivity index (χ3v) is 3.70. The lowest BCUT2D eigenvalue weighted by molar-refractivity contribution is -0.134. The first-order valence-electron chi connectivity index (χ1n) is 7.32. The van der Waals surface area contributed by atoms with Crippen molar-refractivity contribution in [3.63, 3.8) is 0 Å². The summed E-state index contributed by atoms with van der Waals surface area (Å²) < 4.78 is 13.2. The molecule has 9 nitrogen and oxygen atoms in total. The van der Waals surface area contributed by atoms with Gasteiger partial charge in [-0.25, -0.2) is 14.4 Å². The smallest absolute Gasteiger partial charge is 0.322 e. The number of aromatic amines is 1. The largest absolute Gasteiger partial charge is 0.480 e. The summed E-state index contributed by atoms with van der Waals surface area (Å²) in [5, 5.41) is 20.4. The molecule has 0 unspecified atom stereocenters. The summed E-state index contributed by atoms with van der Waals surface area (Å²) >= 11 is 5.71. The first-order chi connectivity index (χ1) is 12.5. The second-order valence-electron chi connectivity index (χ2n) is 5.20. The van der Waals surface area contributed by atoms with Gasteiger partial charge in [0.25, 0.3) is 5.91 Å². The Morgan fingerprint density at radius 3 is 2.85 bits per heavy atom. The molecule has 3 rings (SSSR count). The molecular weight excluding hydrogens is 367 g/mol. The Labute approximate surface area is 150 Å². The van der Waals surface area contributed by atoms with Gasteiger partial charge in [0.15, 0.2) is 11.5 Å². The molecule has 1 amide bonds. The Kier molecular flexibility index (Phi) is 4.94. The van der Waals surface area contributed by atoms with Gasteiger partial charge in [0, 0.05) is 6.54 Å². The maximum atomic E-state index is 13.2. The van der Waals surface area contributed by atoms with Crippen molar-refractivity contribution < 1.29 is 19.1 Å². The van der Waals surface area contributed by atoms with Crippen molar-refractivity contribution in [2.45, 2.75) is 6.54 Å². The summed E-state index contributed by atoms with van der Waals surface area (Å²) in [6, 6.07) is 4.13. The number of hydrogen-bond acceptors (Lipinski definition) is 6. The molecule has 2 heterocycles. The number of carbonyl (C=O) groups excluding carboxylic acids is 1. The van der Waals surface area contributed by atoms with Gasteiger partial charge < -0.3 is 15.7 Å². The fourth-order valence-corrected chi connectivity index (χ4v) is 2.41. The number of H-pyrrole nitrogens is 1. The normalized spacial score (nSPS) is 10.7. The second kappa shape index (κ2) is 7.31. The van der Waals surface area contributed by atoms with Crippen LogP contribution in [-0.2, 0) is 11.3 Å². The molecule has 0 aliphatic rings. The summed E-state index contributed by atoms with van der Waals surface area (Å²) in [7, 11) is 0. The van der Waals surface area contributed by atoms with Crippen LogP contribution >= 0.6 is 11.6 Å². The zero-order valence-electron chi connectivity index (χ0n) is 13.1. The minimum atomic E-state index is -1.06. The van der Waals surface area contributed by atoms with E-state index in [1.807, 2.05) is 0 Å². The molecule has 26 heavy (non-hydrogen) atoms. The third kappa shape index (κ3) is 3.70. The highest BCUT2D eigenvalue weighted by molar-refractivity contribution is 6.30. The summed E-state index contributed by atoms with van der Waals surface area (Å²) in [4.78, 5) is 31.0. The van der Waals surface area contributed by atoms with Crippen molar-refractivity contribution in [2.24, 2.45) is 0 Å². The number of aromatic nitrogens is 4. The number of anilines is 1. The SMILES string of the molecule is O=C(O)CNc1n[nH]c2c(C(=O)NCc3ccc(F)c(Cl)c3)ncnc12. The van der Waals surface area contributed by atoms with E-state index in [1.54, 1.807) is 0 Å². The molecule has 0 saturated carbocycles. The number of fused-ring (bicyclic) bond motifs is 1. The Hall–Kier alpha value is -3.27. The molecule has 3 aromatic rings. The highest BCUT2D eigenvalue weighted by atomic mass is 35.5. The quantitative estimate of drug-likeness (QED) is 0.511. The Morgan fingerprint density at radius 2 is 2.12 bits per heavy atom. The molecule has 134 valence electrons. The van der Waals surface area contributed by atoms with Crippen molar-refractivity contribution in [3.8, 4) is 0 Å². The van der Waals surface area contributed by atoms with Gasteiger partial charge in [0.05, 0.1) is 5.02 Å². The van der Waals surface area contributed by atoms with Gasteiger partial charge in [0.2, 0.25) is 0 Å². The van der Waals surface area contributed by atoms with Crippen LogP contribution in [0.3, 0.4) is 0 Å². The number of aliphatic carboxylic acids is 1. The lowest BCUT2D eigenvalue weighted by atomic mass is 10.2. The molecule has 11 heteroatoms. The number of nitrogens with one attached hydrogen (secondary N) is 3. The topological polar surface area (TPSA) is 133 Å². The lowest BCUT2D eigenvalue weighted by Crippen LogP contribution is -2.24. The van der Waals surface area contributed by atoms with E-state index >= 15 is 0 Å². The maximum absolute atomic E-state index is 13.2. The monoisotopic (exact) mass is 378 g/mol. The molecular formula is C15H12ClFN6O3. The number of hydrogen-bond donors (Lipinski definition) is 4. The number of carboxylic acid groups (broad SMARTS) is 1. The first-order valence-corrected chi connectivity index (χ1v) is 7.70. The van der Waals surface area contributed by atoms with Crippen LogP contribution in [0.25, 0.3) is 11.0 Å². The fourth-order valence-electron chi connectivity index (χ4n) is 2.21. The second-order valence-corrected chi connectivity index (χ2v) is 5.60. The molecule has 0 spiro atoms. The molecule has 0 fully saturated rings. The van der Waals surface area contributed by atoms with Crippen molar-refractivity contribution in [2.75, 3.05) is 11.9 Å². The van der Waals surface area contributed by atoms with Gasteiger partial charge in [0.1, 0.15) is 29.7 Å². The molecule has 0 atom stereocenters. The number of benzene rings is 1. The Balaban J connectivity index is 1.77. The van der Waals surface area contributed by atoms with E-state index in [9.17, 15) is 14.0 Å². The summed E-state index contributed by atoms with van der Waals surface area (Å²) in [5.41, 5.74) is 1.20. The van der Waals surface area contributed by atoms with Gasteiger partial charge in [-0.1, -0.05) is 17.7 Å². The molecule has 2 aromatic heterocycles. The van der Waals surface area contributed by atoms with Crippen LogP contribution in [0, 0.1) is 5.82 Å². The summed E-state index contributed by atoms with van der Waals surface area (Å²) in [6.07, 6.45) is 1.17. The Bertz CT molecular complexity index is 993. The van der Waals surface area contributed by atoms with Crippen molar-refractivity contribution in [1.82, 2.24) is 25.5 Å².